The van der Waals surface area contributed by atoms with Crippen molar-refractivity contribution < 1.29 is 4.79 Å². The summed E-state index contributed by atoms with van der Waals surface area (Å²) in [4.78, 5) is 11.3. The van der Waals surface area contributed by atoms with Crippen molar-refractivity contribution in [1.29, 1.82) is 0 Å². The fourth-order valence-corrected chi connectivity index (χ4v) is 4.77. The molecule has 0 aliphatic heterocycles. The Kier molecular flexibility index (Phi) is 4.60. The van der Waals surface area contributed by atoms with Crippen LogP contribution < -0.4 is 5.73 Å². The van der Waals surface area contributed by atoms with Crippen molar-refractivity contribution in [2.75, 3.05) is 0 Å². The molecular formula is C18H29NO. The van der Waals surface area contributed by atoms with E-state index >= 15 is 0 Å². The molecule has 0 bridgehead atoms. The Morgan fingerprint density at radius 3 is 1.90 bits per heavy atom. The van der Waals surface area contributed by atoms with E-state index in [1.807, 2.05) is 6.08 Å². The maximum atomic E-state index is 11.3. The standard InChI is InChI=1S/C18H29NO/c19-17-9-5-15(6-10-17)13-1-3-14(4-2-13)16-7-11-18(20)12-8-16/h7,11,13-17H,1-6,8-10,12,19H2. The molecule has 0 saturated heterocycles. The molecule has 0 heterocycles. The lowest BCUT2D eigenvalue weighted by Crippen LogP contribution is -2.32. The topological polar surface area (TPSA) is 43.1 Å². The van der Waals surface area contributed by atoms with Crippen LogP contribution in [0.4, 0.5) is 0 Å². The predicted octanol–water partition coefficient (Wildman–Crippen LogP) is 3.85. The molecule has 1 unspecified atom stereocenters. The fraction of sp³-hybridized carbons (Fsp3) is 0.833. The summed E-state index contributed by atoms with van der Waals surface area (Å²) >= 11 is 0. The zero-order valence-corrected chi connectivity index (χ0v) is 12.6. The third-order valence-corrected chi connectivity index (χ3v) is 6.16. The van der Waals surface area contributed by atoms with Gasteiger partial charge in [-0.25, -0.2) is 0 Å². The van der Waals surface area contributed by atoms with Crippen LogP contribution in [0.3, 0.4) is 0 Å². The van der Waals surface area contributed by atoms with Gasteiger partial charge in [-0.3, -0.25) is 4.79 Å². The lowest BCUT2D eigenvalue weighted by molar-refractivity contribution is -0.115. The van der Waals surface area contributed by atoms with Gasteiger partial charge < -0.3 is 5.73 Å². The number of nitrogens with two attached hydrogens (primary N) is 1. The van der Waals surface area contributed by atoms with E-state index in [1.54, 1.807) is 0 Å². The zero-order valence-electron chi connectivity index (χ0n) is 12.6. The van der Waals surface area contributed by atoms with Gasteiger partial charge in [-0.2, -0.15) is 0 Å². The molecule has 3 rings (SSSR count). The monoisotopic (exact) mass is 275 g/mol. The van der Waals surface area contributed by atoms with Gasteiger partial charge in [0.1, 0.15) is 0 Å². The van der Waals surface area contributed by atoms with E-state index in [-0.39, 0.29) is 0 Å². The summed E-state index contributed by atoms with van der Waals surface area (Å²) in [5, 5.41) is 0. The number of hydrogen-bond acceptors (Lipinski definition) is 2. The summed E-state index contributed by atoms with van der Waals surface area (Å²) in [6.45, 7) is 0. The normalized spacial score (nSPS) is 42.6. The fourth-order valence-electron chi connectivity index (χ4n) is 4.77. The van der Waals surface area contributed by atoms with Crippen LogP contribution in [-0.2, 0) is 4.79 Å². The molecule has 0 aromatic rings. The SMILES string of the molecule is NC1CCC(C2CCC(C3C=CC(=O)CC3)CC2)CC1. The quantitative estimate of drug-likeness (QED) is 0.832. The Balaban J connectivity index is 1.47. The third kappa shape index (κ3) is 3.33. The highest BCUT2D eigenvalue weighted by atomic mass is 16.1. The molecule has 0 amide bonds. The first-order chi connectivity index (χ1) is 9.72. The van der Waals surface area contributed by atoms with E-state index in [4.69, 9.17) is 5.73 Å². The maximum absolute atomic E-state index is 11.3. The van der Waals surface area contributed by atoms with Crippen molar-refractivity contribution in [3.8, 4) is 0 Å². The molecule has 20 heavy (non-hydrogen) atoms. The Labute approximate surface area is 123 Å². The van der Waals surface area contributed by atoms with Crippen molar-refractivity contribution in [2.24, 2.45) is 29.4 Å². The van der Waals surface area contributed by atoms with Crippen LogP contribution >= 0.6 is 0 Å². The van der Waals surface area contributed by atoms with Crippen molar-refractivity contribution in [3.63, 3.8) is 0 Å². The molecule has 3 aliphatic rings. The number of ketones is 1. The summed E-state index contributed by atoms with van der Waals surface area (Å²) in [7, 11) is 0. The van der Waals surface area contributed by atoms with Gasteiger partial charge in [0.25, 0.3) is 0 Å². The van der Waals surface area contributed by atoms with Gasteiger partial charge in [0, 0.05) is 12.5 Å². The van der Waals surface area contributed by atoms with Crippen LogP contribution in [0.15, 0.2) is 12.2 Å². The molecule has 0 aromatic carbocycles. The number of carbonyl (C=O) groups excluding carboxylic acids is 1. The lowest BCUT2D eigenvalue weighted by atomic mass is 9.67. The Hall–Kier alpha value is -0.630. The Bertz CT molecular complexity index is 360. The van der Waals surface area contributed by atoms with E-state index in [0.717, 1.165) is 30.6 Å². The second-order valence-electron chi connectivity index (χ2n) is 7.38. The highest BCUT2D eigenvalue weighted by Gasteiger charge is 2.32. The van der Waals surface area contributed by atoms with E-state index < -0.39 is 0 Å². The van der Waals surface area contributed by atoms with E-state index in [0.29, 0.717) is 17.7 Å². The van der Waals surface area contributed by atoms with Gasteiger partial charge in [0.15, 0.2) is 5.78 Å². The molecule has 2 heteroatoms. The Morgan fingerprint density at radius 2 is 1.35 bits per heavy atom. The first-order valence-electron chi connectivity index (χ1n) is 8.69. The van der Waals surface area contributed by atoms with Gasteiger partial charge in [0.05, 0.1) is 0 Å². The number of allylic oxidation sites excluding steroid dienone is 2. The van der Waals surface area contributed by atoms with Crippen LogP contribution in [0.25, 0.3) is 0 Å². The minimum Gasteiger partial charge on any atom is -0.328 e. The molecule has 3 aliphatic carbocycles. The number of hydrogen-bond donors (Lipinski definition) is 1. The molecule has 2 N–H and O–H groups in total. The van der Waals surface area contributed by atoms with Crippen molar-refractivity contribution >= 4 is 5.78 Å². The van der Waals surface area contributed by atoms with Gasteiger partial charge in [0.2, 0.25) is 0 Å². The van der Waals surface area contributed by atoms with Gasteiger partial charge in [-0.05, 0) is 87.5 Å². The minimum atomic E-state index is 0.327. The van der Waals surface area contributed by atoms with E-state index in [2.05, 4.69) is 6.08 Å². The van der Waals surface area contributed by atoms with E-state index in [1.165, 1.54) is 51.4 Å². The largest absolute Gasteiger partial charge is 0.328 e. The Morgan fingerprint density at radius 1 is 0.800 bits per heavy atom. The second kappa shape index (κ2) is 6.43. The van der Waals surface area contributed by atoms with Crippen LogP contribution in [0.1, 0.15) is 64.2 Å². The molecular weight excluding hydrogens is 246 g/mol. The number of rotatable bonds is 2. The molecule has 0 radical (unpaired) electrons. The summed E-state index contributed by atoms with van der Waals surface area (Å²) in [5.74, 6) is 3.79. The van der Waals surface area contributed by atoms with Crippen molar-refractivity contribution in [3.05, 3.63) is 12.2 Å². The molecule has 0 spiro atoms. The molecule has 2 fully saturated rings. The van der Waals surface area contributed by atoms with E-state index in [9.17, 15) is 4.79 Å². The summed E-state index contributed by atoms with van der Waals surface area (Å²) in [6.07, 6.45) is 16.8. The zero-order chi connectivity index (χ0) is 13.9. The van der Waals surface area contributed by atoms with Crippen molar-refractivity contribution in [2.45, 2.75) is 70.3 Å². The minimum absolute atomic E-state index is 0.327. The molecule has 2 saturated carbocycles. The molecule has 112 valence electrons. The van der Waals surface area contributed by atoms with Gasteiger partial charge in [-0.1, -0.05) is 6.08 Å². The highest BCUT2D eigenvalue weighted by Crippen LogP contribution is 2.43. The first-order valence-corrected chi connectivity index (χ1v) is 8.69. The van der Waals surface area contributed by atoms with Gasteiger partial charge >= 0.3 is 0 Å². The number of carbonyl (C=O) groups is 1. The predicted molar refractivity (Wildman–Crippen MR) is 82.3 cm³/mol. The highest BCUT2D eigenvalue weighted by molar-refractivity contribution is 5.90. The lowest BCUT2D eigenvalue weighted by Gasteiger charge is -2.39. The van der Waals surface area contributed by atoms with Crippen LogP contribution in [0, 0.1) is 23.7 Å². The molecule has 2 nitrogen and oxygen atoms in total. The molecule has 1 atom stereocenters. The van der Waals surface area contributed by atoms with Crippen molar-refractivity contribution in [1.82, 2.24) is 0 Å². The smallest absolute Gasteiger partial charge is 0.155 e. The summed E-state index contributed by atoms with van der Waals surface area (Å²) in [6, 6.07) is 0.479. The van der Waals surface area contributed by atoms with Crippen LogP contribution in [0.2, 0.25) is 0 Å². The summed E-state index contributed by atoms with van der Waals surface area (Å²) < 4.78 is 0. The maximum Gasteiger partial charge on any atom is 0.155 e. The summed E-state index contributed by atoms with van der Waals surface area (Å²) in [5.41, 5.74) is 6.02. The third-order valence-electron chi connectivity index (χ3n) is 6.16. The van der Waals surface area contributed by atoms with Crippen LogP contribution in [0.5, 0.6) is 0 Å². The van der Waals surface area contributed by atoms with Crippen LogP contribution in [-0.4, -0.2) is 11.8 Å². The average molecular weight is 275 g/mol. The molecule has 0 aromatic heterocycles. The second-order valence-corrected chi connectivity index (χ2v) is 7.38. The average Bonchev–Trinajstić information content (AvgIpc) is 2.49. The van der Waals surface area contributed by atoms with Gasteiger partial charge in [-0.15, -0.1) is 0 Å². The first kappa shape index (κ1) is 14.3.